The van der Waals surface area contributed by atoms with Gasteiger partial charge in [0.05, 0.1) is 24.3 Å². The second-order valence-corrected chi connectivity index (χ2v) is 9.64. The minimum atomic E-state index is -3.67. The number of para-hydroxylation sites is 1. The topological polar surface area (TPSA) is 75.0 Å². The van der Waals surface area contributed by atoms with Gasteiger partial charge in [-0.15, -0.1) is 0 Å². The van der Waals surface area contributed by atoms with Crippen LogP contribution in [0.15, 0.2) is 76.2 Å². The van der Waals surface area contributed by atoms with Crippen molar-refractivity contribution in [3.63, 3.8) is 0 Å². The van der Waals surface area contributed by atoms with E-state index >= 15 is 0 Å². The maximum absolute atomic E-state index is 13.0. The molecule has 1 unspecified atom stereocenters. The van der Waals surface area contributed by atoms with E-state index < -0.39 is 10.0 Å². The third-order valence-electron chi connectivity index (χ3n) is 5.89. The van der Waals surface area contributed by atoms with Crippen LogP contribution in [0.4, 0.5) is 5.69 Å². The Hall–Kier alpha value is -2.81. The molecule has 3 aromatic rings. The van der Waals surface area contributed by atoms with Crippen LogP contribution in [0.1, 0.15) is 17.4 Å². The molecule has 2 heterocycles. The van der Waals surface area contributed by atoms with E-state index in [2.05, 4.69) is 26.7 Å². The number of piperazine rings is 1. The number of sulfonamides is 1. The maximum atomic E-state index is 13.0. The van der Waals surface area contributed by atoms with Crippen LogP contribution in [0.25, 0.3) is 0 Å². The first-order chi connectivity index (χ1) is 15.5. The van der Waals surface area contributed by atoms with Gasteiger partial charge in [0.25, 0.3) is 0 Å². The van der Waals surface area contributed by atoms with Gasteiger partial charge < -0.3 is 14.1 Å². The molecule has 1 aromatic heterocycles. The minimum absolute atomic E-state index is 0.183. The number of benzene rings is 2. The Balaban J connectivity index is 1.46. The summed E-state index contributed by atoms with van der Waals surface area (Å²) in [6.07, 6.45) is 1.63. The summed E-state index contributed by atoms with van der Waals surface area (Å²) in [4.78, 5) is 4.85. The third-order valence-corrected chi connectivity index (χ3v) is 7.31. The molecule has 0 aliphatic carbocycles. The second kappa shape index (κ2) is 9.77. The van der Waals surface area contributed by atoms with Crippen molar-refractivity contribution in [3.8, 4) is 5.75 Å². The van der Waals surface area contributed by atoms with Crippen LogP contribution in [0, 0.1) is 6.92 Å². The van der Waals surface area contributed by atoms with Crippen molar-refractivity contribution in [2.75, 3.05) is 44.7 Å². The van der Waals surface area contributed by atoms with Crippen LogP contribution in [0.3, 0.4) is 0 Å². The van der Waals surface area contributed by atoms with Gasteiger partial charge in [-0.1, -0.05) is 18.2 Å². The van der Waals surface area contributed by atoms with Gasteiger partial charge in [0.1, 0.15) is 11.5 Å². The zero-order valence-electron chi connectivity index (χ0n) is 18.4. The fourth-order valence-electron chi connectivity index (χ4n) is 4.11. The Morgan fingerprint density at radius 3 is 2.41 bits per heavy atom. The van der Waals surface area contributed by atoms with Crippen LogP contribution in [0.5, 0.6) is 5.75 Å². The van der Waals surface area contributed by atoms with Gasteiger partial charge in [-0.2, -0.15) is 0 Å². The fraction of sp³-hybridized carbons (Fsp3) is 0.333. The molecule has 4 rings (SSSR count). The fourth-order valence-corrected chi connectivity index (χ4v) is 5.23. The second-order valence-electron chi connectivity index (χ2n) is 7.87. The highest BCUT2D eigenvalue weighted by atomic mass is 32.2. The molecule has 1 fully saturated rings. The molecule has 0 bridgehead atoms. The van der Waals surface area contributed by atoms with Crippen molar-refractivity contribution >= 4 is 15.7 Å². The number of hydrogen-bond acceptors (Lipinski definition) is 6. The highest BCUT2D eigenvalue weighted by Crippen LogP contribution is 2.26. The Kier molecular flexibility index (Phi) is 6.83. The van der Waals surface area contributed by atoms with E-state index in [1.165, 1.54) is 5.69 Å². The lowest BCUT2D eigenvalue weighted by Crippen LogP contribution is -2.49. The molecule has 32 heavy (non-hydrogen) atoms. The summed E-state index contributed by atoms with van der Waals surface area (Å²) in [5.41, 5.74) is 1.98. The average molecular weight is 456 g/mol. The molecule has 1 atom stereocenters. The molecule has 170 valence electrons. The molecule has 8 heteroatoms. The number of methoxy groups -OCH3 is 1. The summed E-state index contributed by atoms with van der Waals surface area (Å²) >= 11 is 0. The smallest absolute Gasteiger partial charge is 0.240 e. The Bertz CT molecular complexity index is 1110. The van der Waals surface area contributed by atoms with Crippen LogP contribution < -0.4 is 14.4 Å². The normalized spacial score (nSPS) is 16.1. The maximum Gasteiger partial charge on any atom is 0.240 e. The lowest BCUT2D eigenvalue weighted by Gasteiger charge is -2.39. The number of ether oxygens (including phenoxy) is 1. The van der Waals surface area contributed by atoms with E-state index in [1.54, 1.807) is 31.6 Å². The van der Waals surface area contributed by atoms with Gasteiger partial charge in [0.2, 0.25) is 10.0 Å². The number of nitrogens with zero attached hydrogens (tertiary/aromatic N) is 2. The third kappa shape index (κ3) is 4.98. The average Bonchev–Trinajstić information content (AvgIpc) is 3.35. The van der Waals surface area contributed by atoms with Crippen molar-refractivity contribution in [2.45, 2.75) is 17.9 Å². The molecular formula is C24H29N3O4S. The first-order valence-electron chi connectivity index (χ1n) is 10.7. The lowest BCUT2D eigenvalue weighted by molar-refractivity contribution is 0.166. The van der Waals surface area contributed by atoms with E-state index in [0.717, 1.165) is 37.5 Å². The highest BCUT2D eigenvalue weighted by molar-refractivity contribution is 7.89. The Morgan fingerprint density at radius 1 is 1.03 bits per heavy atom. The number of nitrogens with one attached hydrogen (secondary N) is 1. The van der Waals surface area contributed by atoms with Gasteiger partial charge in [0, 0.05) is 38.4 Å². The summed E-state index contributed by atoms with van der Waals surface area (Å²) in [7, 11) is -2.10. The molecule has 1 aliphatic rings. The van der Waals surface area contributed by atoms with Gasteiger partial charge >= 0.3 is 0 Å². The van der Waals surface area contributed by atoms with Crippen molar-refractivity contribution in [3.05, 3.63) is 78.3 Å². The van der Waals surface area contributed by atoms with Crippen molar-refractivity contribution in [1.29, 1.82) is 0 Å². The Morgan fingerprint density at radius 2 is 1.78 bits per heavy atom. The van der Waals surface area contributed by atoms with E-state index in [9.17, 15) is 8.42 Å². The predicted molar refractivity (Wildman–Crippen MR) is 125 cm³/mol. The summed E-state index contributed by atoms with van der Waals surface area (Å²) in [5, 5.41) is 0. The number of anilines is 1. The van der Waals surface area contributed by atoms with E-state index in [0.29, 0.717) is 5.75 Å². The standard InChI is InChI=1S/C24H29N3O4S/c1-19-17-21(10-11-23(19)30-2)32(28,29)25-18-22(24-9-6-16-31-24)27-14-12-26(13-15-27)20-7-4-3-5-8-20/h3-11,16-17,22,25H,12-15,18H2,1-2H3. The van der Waals surface area contributed by atoms with E-state index in [-0.39, 0.29) is 17.5 Å². The first kappa shape index (κ1) is 22.4. The Labute approximate surface area is 189 Å². The molecule has 0 amide bonds. The van der Waals surface area contributed by atoms with Crippen molar-refractivity contribution < 1.29 is 17.6 Å². The van der Waals surface area contributed by atoms with Crippen molar-refractivity contribution in [1.82, 2.24) is 9.62 Å². The zero-order chi connectivity index (χ0) is 22.6. The SMILES string of the molecule is COc1ccc(S(=O)(=O)NCC(c2ccco2)N2CCN(c3ccccc3)CC2)cc1C. The van der Waals surface area contributed by atoms with Crippen LogP contribution in [0.2, 0.25) is 0 Å². The quantitative estimate of drug-likeness (QED) is 0.561. The van der Waals surface area contributed by atoms with Crippen LogP contribution in [-0.4, -0.2) is 53.2 Å². The van der Waals surface area contributed by atoms with Gasteiger partial charge in [-0.05, 0) is 55.0 Å². The number of furan rings is 1. The summed E-state index contributed by atoms with van der Waals surface area (Å²) < 4.78 is 39.6. The van der Waals surface area contributed by atoms with Crippen molar-refractivity contribution in [2.24, 2.45) is 0 Å². The highest BCUT2D eigenvalue weighted by Gasteiger charge is 2.28. The van der Waals surface area contributed by atoms with Crippen LogP contribution in [-0.2, 0) is 10.0 Å². The number of aryl methyl sites for hydroxylation is 1. The minimum Gasteiger partial charge on any atom is -0.496 e. The first-order valence-corrected chi connectivity index (χ1v) is 12.2. The summed E-state index contributed by atoms with van der Waals surface area (Å²) in [6, 6.07) is 18.8. The lowest BCUT2D eigenvalue weighted by atomic mass is 10.1. The van der Waals surface area contributed by atoms with Crippen LogP contribution >= 0.6 is 0 Å². The molecule has 0 spiro atoms. The van der Waals surface area contributed by atoms with E-state index in [4.69, 9.17) is 9.15 Å². The zero-order valence-corrected chi connectivity index (χ0v) is 19.2. The predicted octanol–water partition coefficient (Wildman–Crippen LogP) is 3.44. The van der Waals surface area contributed by atoms with Gasteiger partial charge in [0.15, 0.2) is 0 Å². The number of rotatable bonds is 8. The largest absolute Gasteiger partial charge is 0.496 e. The summed E-state index contributed by atoms with van der Waals surface area (Å²) in [5.74, 6) is 1.42. The molecule has 7 nitrogen and oxygen atoms in total. The number of hydrogen-bond donors (Lipinski definition) is 1. The summed E-state index contributed by atoms with van der Waals surface area (Å²) in [6.45, 7) is 5.41. The molecular weight excluding hydrogens is 426 g/mol. The van der Waals surface area contributed by atoms with E-state index in [1.807, 2.05) is 37.3 Å². The monoisotopic (exact) mass is 455 g/mol. The van der Waals surface area contributed by atoms with Gasteiger partial charge in [-0.3, -0.25) is 4.90 Å². The molecule has 1 N–H and O–H groups in total. The molecule has 0 saturated carbocycles. The molecule has 0 radical (unpaired) electrons. The van der Waals surface area contributed by atoms with Gasteiger partial charge in [-0.25, -0.2) is 13.1 Å². The molecule has 1 saturated heterocycles. The molecule has 1 aliphatic heterocycles. The molecule has 2 aromatic carbocycles.